The summed E-state index contributed by atoms with van der Waals surface area (Å²) in [5.74, 6) is -0.603. The molecular formula is C18H22F2N4O. The van der Waals surface area contributed by atoms with E-state index in [1.165, 1.54) is 24.5 Å². The van der Waals surface area contributed by atoms with Gasteiger partial charge in [0.15, 0.2) is 0 Å². The second kappa shape index (κ2) is 8.18. The fourth-order valence-corrected chi connectivity index (χ4v) is 3.36. The molecule has 0 unspecified atom stereocenters. The zero-order valence-electron chi connectivity index (χ0n) is 14.1. The average Bonchev–Trinajstić information content (AvgIpc) is 3.13. The van der Waals surface area contributed by atoms with Gasteiger partial charge in [0.25, 0.3) is 0 Å². The maximum absolute atomic E-state index is 13.7. The van der Waals surface area contributed by atoms with Gasteiger partial charge in [0, 0.05) is 25.1 Å². The van der Waals surface area contributed by atoms with Gasteiger partial charge in [-0.3, -0.25) is 9.48 Å². The van der Waals surface area contributed by atoms with Crippen molar-refractivity contribution in [3.8, 4) is 0 Å². The van der Waals surface area contributed by atoms with Gasteiger partial charge in [-0.1, -0.05) is 6.07 Å². The Morgan fingerprint density at radius 2 is 2.08 bits per heavy atom. The Hall–Kier alpha value is -2.31. The average molecular weight is 348 g/mol. The molecule has 134 valence electrons. The molecule has 0 N–H and O–H groups in total. The van der Waals surface area contributed by atoms with E-state index in [0.29, 0.717) is 32.4 Å². The second-order valence-electron chi connectivity index (χ2n) is 6.50. The van der Waals surface area contributed by atoms with Crippen molar-refractivity contribution in [1.82, 2.24) is 19.7 Å². The van der Waals surface area contributed by atoms with Crippen molar-refractivity contribution in [3.05, 3.63) is 48.1 Å². The molecule has 0 bridgehead atoms. The lowest BCUT2D eigenvalue weighted by molar-refractivity contribution is -0.133. The highest BCUT2D eigenvalue weighted by Crippen LogP contribution is 2.24. The van der Waals surface area contributed by atoms with Crippen molar-refractivity contribution >= 4 is 5.91 Å². The van der Waals surface area contributed by atoms with Gasteiger partial charge in [-0.15, -0.1) is 0 Å². The Morgan fingerprint density at radius 3 is 2.80 bits per heavy atom. The molecule has 2 aromatic rings. The van der Waals surface area contributed by atoms with Crippen LogP contribution in [0.4, 0.5) is 8.78 Å². The molecule has 1 atom stereocenters. The number of carbonyl (C=O) groups is 1. The lowest BCUT2D eigenvalue weighted by Gasteiger charge is -2.33. The number of likely N-dealkylation sites (tertiary alicyclic amines) is 1. The number of carbonyl (C=O) groups excluding carboxylic acids is 1. The minimum absolute atomic E-state index is 0.0947. The monoisotopic (exact) mass is 348 g/mol. The Bertz CT molecular complexity index is 685. The first kappa shape index (κ1) is 17.5. The molecule has 1 aromatic heterocycles. The molecule has 1 aliphatic rings. The first-order valence-corrected chi connectivity index (χ1v) is 8.66. The number of hydrogen-bond acceptors (Lipinski definition) is 3. The van der Waals surface area contributed by atoms with Crippen molar-refractivity contribution in [1.29, 1.82) is 0 Å². The van der Waals surface area contributed by atoms with E-state index < -0.39 is 11.6 Å². The van der Waals surface area contributed by atoms with Crippen LogP contribution in [0.15, 0.2) is 30.9 Å². The minimum Gasteiger partial charge on any atom is -0.342 e. The molecule has 1 amide bonds. The normalized spacial score (nSPS) is 17.7. The summed E-state index contributed by atoms with van der Waals surface area (Å²) in [5.41, 5.74) is 0.150. The van der Waals surface area contributed by atoms with Crippen LogP contribution in [0.2, 0.25) is 0 Å². The van der Waals surface area contributed by atoms with Gasteiger partial charge in [0.05, 0.1) is 6.54 Å². The van der Waals surface area contributed by atoms with Crippen LogP contribution in [0.3, 0.4) is 0 Å². The van der Waals surface area contributed by atoms with E-state index in [-0.39, 0.29) is 17.4 Å². The quantitative estimate of drug-likeness (QED) is 0.807. The first-order valence-electron chi connectivity index (χ1n) is 8.66. The molecule has 0 spiro atoms. The van der Waals surface area contributed by atoms with Crippen molar-refractivity contribution in [2.24, 2.45) is 5.92 Å². The lowest BCUT2D eigenvalue weighted by Crippen LogP contribution is -2.40. The number of halogens is 2. The molecule has 3 rings (SSSR count). The van der Waals surface area contributed by atoms with E-state index in [4.69, 9.17) is 0 Å². The summed E-state index contributed by atoms with van der Waals surface area (Å²) in [4.78, 5) is 18.1. The summed E-state index contributed by atoms with van der Waals surface area (Å²) in [6.45, 7) is 1.92. The van der Waals surface area contributed by atoms with Gasteiger partial charge in [-0.2, -0.15) is 5.10 Å². The van der Waals surface area contributed by atoms with E-state index >= 15 is 0 Å². The molecule has 1 fully saturated rings. The molecule has 7 heteroatoms. The smallest absolute Gasteiger partial charge is 0.224 e. The van der Waals surface area contributed by atoms with Gasteiger partial charge >= 0.3 is 0 Å². The largest absolute Gasteiger partial charge is 0.342 e. The molecule has 0 radical (unpaired) electrons. The summed E-state index contributed by atoms with van der Waals surface area (Å²) in [7, 11) is 0. The van der Waals surface area contributed by atoms with Crippen LogP contribution >= 0.6 is 0 Å². The summed E-state index contributed by atoms with van der Waals surface area (Å²) in [5, 5.41) is 3.99. The highest BCUT2D eigenvalue weighted by molar-refractivity contribution is 5.76. The summed E-state index contributed by atoms with van der Waals surface area (Å²) in [6.07, 6.45) is 6.40. The first-order chi connectivity index (χ1) is 12.1. The van der Waals surface area contributed by atoms with Crippen molar-refractivity contribution in [3.63, 3.8) is 0 Å². The van der Waals surface area contributed by atoms with Gasteiger partial charge in [-0.25, -0.2) is 13.8 Å². The van der Waals surface area contributed by atoms with Gasteiger partial charge in [0.1, 0.15) is 24.3 Å². The number of aryl methyl sites for hydroxylation is 1. The zero-order chi connectivity index (χ0) is 17.6. The number of nitrogens with zero attached hydrogens (tertiary/aromatic N) is 4. The van der Waals surface area contributed by atoms with Crippen LogP contribution in [0.5, 0.6) is 0 Å². The standard InChI is InChI=1S/C18H22F2N4O/c19-16-4-1-5-17(20)15(16)7-6-14-3-2-9-23(11-14)18(25)8-10-24-13-21-12-22-24/h1,4-5,12-14H,2-3,6-11H2/t14-/m0/s1. The van der Waals surface area contributed by atoms with Crippen LogP contribution in [-0.2, 0) is 17.8 Å². The third-order valence-electron chi connectivity index (χ3n) is 4.76. The Balaban J connectivity index is 1.50. The van der Waals surface area contributed by atoms with Crippen LogP contribution in [-0.4, -0.2) is 38.7 Å². The van der Waals surface area contributed by atoms with Gasteiger partial charge in [0.2, 0.25) is 5.91 Å². The van der Waals surface area contributed by atoms with Gasteiger partial charge < -0.3 is 4.90 Å². The Morgan fingerprint density at radius 1 is 1.28 bits per heavy atom. The minimum atomic E-state index is -0.489. The molecule has 1 saturated heterocycles. The van der Waals surface area contributed by atoms with Crippen molar-refractivity contribution < 1.29 is 13.6 Å². The summed E-state index contributed by atoms with van der Waals surface area (Å²) < 4.78 is 29.1. The highest BCUT2D eigenvalue weighted by Gasteiger charge is 2.24. The van der Waals surface area contributed by atoms with Crippen LogP contribution in [0.1, 0.15) is 31.2 Å². The topological polar surface area (TPSA) is 51.0 Å². The fourth-order valence-electron chi connectivity index (χ4n) is 3.36. The Kier molecular flexibility index (Phi) is 5.73. The molecular weight excluding hydrogens is 326 g/mol. The zero-order valence-corrected chi connectivity index (χ0v) is 14.1. The number of aromatic nitrogens is 3. The van der Waals surface area contributed by atoms with E-state index in [0.717, 1.165) is 19.4 Å². The predicted molar refractivity (Wildman–Crippen MR) is 88.6 cm³/mol. The van der Waals surface area contributed by atoms with Crippen LogP contribution in [0.25, 0.3) is 0 Å². The second-order valence-corrected chi connectivity index (χ2v) is 6.50. The molecule has 2 heterocycles. The number of piperidine rings is 1. The SMILES string of the molecule is O=C(CCn1cncn1)N1CCC[C@@H](CCc2c(F)cccc2F)C1. The van der Waals surface area contributed by atoms with E-state index in [1.807, 2.05) is 4.90 Å². The molecule has 0 aliphatic carbocycles. The molecule has 1 aliphatic heterocycles. The number of hydrogen-bond donors (Lipinski definition) is 0. The Labute approximate surface area is 145 Å². The maximum atomic E-state index is 13.7. The van der Waals surface area contributed by atoms with Crippen molar-refractivity contribution in [2.75, 3.05) is 13.1 Å². The predicted octanol–water partition coefficient (Wildman–Crippen LogP) is 2.82. The third-order valence-corrected chi connectivity index (χ3v) is 4.76. The molecule has 5 nitrogen and oxygen atoms in total. The number of rotatable bonds is 6. The van der Waals surface area contributed by atoms with E-state index in [9.17, 15) is 13.6 Å². The maximum Gasteiger partial charge on any atom is 0.224 e. The van der Waals surface area contributed by atoms with E-state index in [1.54, 1.807) is 11.0 Å². The third kappa shape index (κ3) is 4.61. The van der Waals surface area contributed by atoms with E-state index in [2.05, 4.69) is 10.1 Å². The highest BCUT2D eigenvalue weighted by atomic mass is 19.1. The number of amides is 1. The van der Waals surface area contributed by atoms with Crippen LogP contribution in [0, 0.1) is 17.6 Å². The molecule has 1 aromatic carbocycles. The summed E-state index contributed by atoms with van der Waals surface area (Å²) >= 11 is 0. The molecule has 25 heavy (non-hydrogen) atoms. The fraction of sp³-hybridized carbons (Fsp3) is 0.500. The van der Waals surface area contributed by atoms with Gasteiger partial charge in [-0.05, 0) is 43.7 Å². The van der Waals surface area contributed by atoms with Crippen molar-refractivity contribution in [2.45, 2.75) is 38.6 Å². The summed E-state index contributed by atoms with van der Waals surface area (Å²) in [6, 6.07) is 3.96. The van der Waals surface area contributed by atoms with Crippen LogP contribution < -0.4 is 0 Å². The number of benzene rings is 1. The molecule has 0 saturated carbocycles. The lowest BCUT2D eigenvalue weighted by atomic mass is 9.91.